The molecular weight excluding hydrogens is 475 g/mol. The van der Waals surface area contributed by atoms with Gasteiger partial charge in [0.05, 0.1) is 23.2 Å². The molecule has 1 saturated heterocycles. The Labute approximate surface area is 176 Å². The molecule has 2 unspecified atom stereocenters. The lowest BCUT2D eigenvalue weighted by molar-refractivity contribution is -0.135. The minimum atomic E-state index is -0.508. The van der Waals surface area contributed by atoms with Crippen molar-refractivity contribution in [3.63, 3.8) is 0 Å². The highest BCUT2D eigenvalue weighted by Crippen LogP contribution is 2.26. The van der Waals surface area contributed by atoms with E-state index in [0.717, 1.165) is 35.9 Å². The van der Waals surface area contributed by atoms with E-state index in [1.54, 1.807) is 6.20 Å². The van der Waals surface area contributed by atoms with Crippen molar-refractivity contribution >= 4 is 52.0 Å². The second-order valence-corrected chi connectivity index (χ2v) is 7.57. The Bertz CT molecular complexity index is 1000. The van der Waals surface area contributed by atoms with Gasteiger partial charge in [-0.15, -0.1) is 0 Å². The lowest BCUT2D eigenvalue weighted by Crippen LogP contribution is -2.45. The third kappa shape index (κ3) is 3.65. The van der Waals surface area contributed by atoms with Crippen molar-refractivity contribution in [1.29, 1.82) is 0 Å². The van der Waals surface area contributed by atoms with Crippen molar-refractivity contribution < 1.29 is 7.86 Å². The molecule has 0 spiro atoms. The van der Waals surface area contributed by atoms with Crippen LogP contribution in [0.1, 0.15) is 24.4 Å². The number of halogens is 1. The second kappa shape index (κ2) is 8.07. The van der Waals surface area contributed by atoms with Crippen molar-refractivity contribution in [3.8, 4) is 0 Å². The highest BCUT2D eigenvalue weighted by molar-refractivity contribution is 14.1. The summed E-state index contributed by atoms with van der Waals surface area (Å²) in [6.07, 6.45) is 5.57. The van der Waals surface area contributed by atoms with Crippen LogP contribution in [0.15, 0.2) is 48.8 Å². The van der Waals surface area contributed by atoms with Crippen LogP contribution in [0, 0.1) is 4.64 Å². The summed E-state index contributed by atoms with van der Waals surface area (Å²) in [5.74, 6) is 0.0401. The van der Waals surface area contributed by atoms with Gasteiger partial charge in [0, 0.05) is 19.3 Å². The number of aromatic amines is 1. The maximum atomic E-state index is 13.6. The fourth-order valence-corrected chi connectivity index (χ4v) is 4.34. The number of fused-ring (bicyclic) bond motifs is 1. The molecule has 3 heterocycles. The smallest absolute Gasteiger partial charge is 0.250 e. The molecule has 27 heavy (non-hydrogen) atoms. The largest absolute Gasteiger partial charge is 0.338 e. The molecule has 3 aromatic rings. The summed E-state index contributed by atoms with van der Waals surface area (Å²) >= 11 is 7.62. The van der Waals surface area contributed by atoms with E-state index in [2.05, 4.69) is 10.2 Å². The lowest BCUT2D eigenvalue weighted by Gasteiger charge is -2.34. The number of aromatic nitrogens is 3. The Morgan fingerprint density at radius 3 is 2.93 bits per heavy atom. The van der Waals surface area contributed by atoms with Crippen LogP contribution in [0.2, 0.25) is 0 Å². The van der Waals surface area contributed by atoms with Crippen LogP contribution in [0.4, 0.5) is 0 Å². The van der Waals surface area contributed by atoms with Crippen molar-refractivity contribution in [2.75, 3.05) is 13.1 Å². The van der Waals surface area contributed by atoms with Gasteiger partial charge in [-0.05, 0) is 24.5 Å². The summed E-state index contributed by atoms with van der Waals surface area (Å²) in [5, 5.41) is 7.84. The zero-order chi connectivity index (χ0) is 18.8. The number of carbonyl (C=O) groups is 1. The van der Waals surface area contributed by atoms with Crippen LogP contribution >= 0.6 is 35.2 Å². The van der Waals surface area contributed by atoms with Crippen molar-refractivity contribution in [3.05, 3.63) is 59.0 Å². The number of hydrogen-bond acceptors (Lipinski definition) is 4. The Balaban J connectivity index is 1.78. The quantitative estimate of drug-likeness (QED) is 0.440. The molecule has 1 aliphatic rings. The summed E-state index contributed by atoms with van der Waals surface area (Å²) in [7, 11) is 0. The Kier molecular flexibility index (Phi) is 5.55. The van der Waals surface area contributed by atoms with E-state index in [-0.39, 0.29) is 12.0 Å². The number of benzene rings is 1. The third-order valence-electron chi connectivity index (χ3n) is 4.98. The van der Waals surface area contributed by atoms with Gasteiger partial charge in [-0.3, -0.25) is 9.89 Å². The van der Waals surface area contributed by atoms with Gasteiger partial charge in [0.1, 0.15) is 33.7 Å². The molecule has 1 aromatic carbocycles. The van der Waals surface area contributed by atoms with Crippen LogP contribution in [0.3, 0.4) is 0 Å². The summed E-state index contributed by atoms with van der Waals surface area (Å²) in [4.78, 5) is 15.5. The molecule has 2 atom stereocenters. The van der Waals surface area contributed by atoms with Crippen molar-refractivity contribution in [2.24, 2.45) is 0 Å². The van der Waals surface area contributed by atoms with E-state index in [1.807, 2.05) is 75.1 Å². The topological polar surface area (TPSA) is 63.2 Å². The third-order valence-corrected chi connectivity index (χ3v) is 6.13. The summed E-state index contributed by atoms with van der Waals surface area (Å²) in [5.41, 5.74) is 1.78. The minimum absolute atomic E-state index is 0.0401. The van der Waals surface area contributed by atoms with E-state index in [4.69, 9.17) is 15.3 Å². The number of likely N-dealkylation sites (tertiary alicyclic amines) is 1. The molecule has 6 nitrogen and oxygen atoms in total. The van der Waals surface area contributed by atoms with Crippen LogP contribution < -0.4 is 0 Å². The first-order chi connectivity index (χ1) is 13.2. The normalized spacial score (nSPS) is 18.6. The number of nitrogens with zero attached hydrogens (tertiary/aromatic N) is 3. The number of carbonyl (C=O) groups excluding carboxylic acids is 1. The average Bonchev–Trinajstić information content (AvgIpc) is 3.20. The average molecular weight is 494 g/mol. The van der Waals surface area contributed by atoms with Gasteiger partial charge in [-0.2, -0.15) is 5.10 Å². The van der Waals surface area contributed by atoms with E-state index < -0.39 is 6.04 Å². The molecular formula is C19H19IN4O2S. The first-order valence-electron chi connectivity index (χ1n) is 8.84. The number of amides is 1. The first-order valence-corrected chi connectivity index (χ1v) is 10.1. The molecule has 140 valence electrons. The van der Waals surface area contributed by atoms with Crippen molar-refractivity contribution in [1.82, 2.24) is 19.7 Å². The molecule has 4 rings (SSSR count). The predicted molar refractivity (Wildman–Crippen MR) is 114 cm³/mol. The Morgan fingerprint density at radius 2 is 2.15 bits per heavy atom. The summed E-state index contributed by atoms with van der Waals surface area (Å²) in [6.45, 7) is 1.34. The maximum Gasteiger partial charge on any atom is 0.250 e. The highest BCUT2D eigenvalue weighted by atomic mass is 127. The van der Waals surface area contributed by atoms with Crippen LogP contribution in [0.25, 0.3) is 10.9 Å². The number of rotatable bonds is 4. The molecule has 2 aromatic heterocycles. The fourth-order valence-electron chi connectivity index (χ4n) is 3.60. The molecule has 0 bridgehead atoms. The Morgan fingerprint density at radius 1 is 1.33 bits per heavy atom. The maximum absolute atomic E-state index is 13.6. The zero-order valence-corrected chi connectivity index (χ0v) is 17.5. The number of piperidine rings is 1. The minimum Gasteiger partial charge on any atom is -0.338 e. The molecule has 0 aliphatic carbocycles. The number of hydrogen-bond donors (Lipinski definition) is 1. The monoisotopic (exact) mass is 494 g/mol. The van der Waals surface area contributed by atoms with Crippen LogP contribution in [0.5, 0.6) is 0 Å². The van der Waals surface area contributed by atoms with Gasteiger partial charge in [0.2, 0.25) is 5.91 Å². The van der Waals surface area contributed by atoms with E-state index >= 15 is 0 Å². The van der Waals surface area contributed by atoms with E-state index in [9.17, 15) is 4.79 Å². The number of nitrogens with one attached hydrogen (secondary N) is 1. The fraction of sp³-hybridized carbons (Fsp3) is 0.316. The zero-order valence-electron chi connectivity index (χ0n) is 14.5. The lowest BCUT2D eigenvalue weighted by atomic mass is 10.0. The SMILES string of the molecule is O=C(C(c1ccccc1)n1ccc2[nH]ncc2c1=S)N1CCCC(OI)C1. The van der Waals surface area contributed by atoms with E-state index in [1.165, 1.54) is 0 Å². The predicted octanol–water partition coefficient (Wildman–Crippen LogP) is 4.04. The second-order valence-electron chi connectivity index (χ2n) is 6.68. The van der Waals surface area contributed by atoms with Crippen LogP contribution in [-0.2, 0) is 7.86 Å². The van der Waals surface area contributed by atoms with E-state index in [0.29, 0.717) is 11.2 Å². The highest BCUT2D eigenvalue weighted by Gasteiger charge is 2.31. The first kappa shape index (κ1) is 18.6. The standard InChI is InChI=1S/C19H19IN4O2S/c20-26-14-7-4-9-23(12-14)18(25)17(13-5-2-1-3-6-13)24-10-8-16-15(19(24)27)11-21-22-16/h1-3,5-6,8,10-11,14,17H,4,7,9,12H2,(H,21,22). The van der Waals surface area contributed by atoms with Gasteiger partial charge in [0.25, 0.3) is 0 Å². The van der Waals surface area contributed by atoms with Crippen molar-refractivity contribution in [2.45, 2.75) is 25.0 Å². The number of H-pyrrole nitrogens is 1. The molecule has 1 aliphatic heterocycles. The summed E-state index contributed by atoms with van der Waals surface area (Å²) < 4.78 is 7.94. The van der Waals surface area contributed by atoms with Crippen LogP contribution in [-0.4, -0.2) is 44.8 Å². The van der Waals surface area contributed by atoms with Gasteiger partial charge in [-0.25, -0.2) is 0 Å². The van der Waals surface area contributed by atoms with Gasteiger partial charge >= 0.3 is 0 Å². The Hall–Kier alpha value is -1.78. The molecule has 0 radical (unpaired) electrons. The number of pyridine rings is 1. The molecule has 1 amide bonds. The van der Waals surface area contributed by atoms with Gasteiger partial charge in [-0.1, -0.05) is 42.5 Å². The van der Waals surface area contributed by atoms with Gasteiger partial charge < -0.3 is 12.5 Å². The molecule has 8 heteroatoms. The molecule has 1 N–H and O–H groups in total. The summed E-state index contributed by atoms with van der Waals surface area (Å²) in [6, 6.07) is 11.2. The van der Waals surface area contributed by atoms with Gasteiger partial charge in [0.15, 0.2) is 0 Å². The molecule has 1 fully saturated rings. The molecule has 0 saturated carbocycles.